The van der Waals surface area contributed by atoms with Crippen LogP contribution in [0, 0.1) is 0 Å². The summed E-state index contributed by atoms with van der Waals surface area (Å²) in [6.45, 7) is 1.52. The lowest BCUT2D eigenvalue weighted by Gasteiger charge is -2.31. The van der Waals surface area contributed by atoms with Crippen LogP contribution in [0.4, 0.5) is 0 Å². The molecule has 0 radical (unpaired) electrons. The van der Waals surface area contributed by atoms with Gasteiger partial charge in [-0.1, -0.05) is 30.3 Å². The summed E-state index contributed by atoms with van der Waals surface area (Å²) in [6.07, 6.45) is 0.722. The van der Waals surface area contributed by atoms with Gasteiger partial charge < -0.3 is 9.32 Å². The normalized spacial score (nSPS) is 15.8. The maximum atomic E-state index is 12.9. The van der Waals surface area contributed by atoms with Crippen molar-refractivity contribution in [2.45, 2.75) is 11.4 Å². The first-order valence-electron chi connectivity index (χ1n) is 8.86. The molecule has 8 nitrogen and oxygen atoms in total. The van der Waals surface area contributed by atoms with Crippen molar-refractivity contribution >= 4 is 27.5 Å². The van der Waals surface area contributed by atoms with Crippen LogP contribution in [0.5, 0.6) is 0 Å². The Hall–Kier alpha value is -2.91. The molecule has 1 aromatic heterocycles. The zero-order valence-corrected chi connectivity index (χ0v) is 15.8. The van der Waals surface area contributed by atoms with Gasteiger partial charge in [-0.3, -0.25) is 9.36 Å². The van der Waals surface area contributed by atoms with E-state index < -0.39 is 15.8 Å². The second-order valence-corrected chi connectivity index (χ2v) is 8.55. The summed E-state index contributed by atoms with van der Waals surface area (Å²) >= 11 is 0. The van der Waals surface area contributed by atoms with E-state index in [-0.39, 0.29) is 23.6 Å². The van der Waals surface area contributed by atoms with Gasteiger partial charge >= 0.3 is 5.76 Å². The number of hydrogen-bond acceptors (Lipinski definition) is 5. The van der Waals surface area contributed by atoms with E-state index in [4.69, 9.17) is 4.42 Å². The Morgan fingerprint density at radius 3 is 2.39 bits per heavy atom. The summed E-state index contributed by atoms with van der Waals surface area (Å²) in [6, 6.07) is 13.9. The summed E-state index contributed by atoms with van der Waals surface area (Å²) in [7, 11) is -3.73. The van der Waals surface area contributed by atoms with Crippen LogP contribution in [0.15, 0.2) is 62.6 Å². The summed E-state index contributed by atoms with van der Waals surface area (Å²) in [4.78, 5) is 24.7. The average Bonchev–Trinajstić information content (AvgIpc) is 3.03. The third-order valence-electron chi connectivity index (χ3n) is 4.88. The molecule has 1 aliphatic rings. The fourth-order valence-electron chi connectivity index (χ4n) is 3.32. The highest BCUT2D eigenvalue weighted by molar-refractivity contribution is 7.89. The minimum atomic E-state index is -3.73. The number of hydrogen-bond donors (Lipinski definition) is 0. The Kier molecular flexibility index (Phi) is 4.78. The van der Waals surface area contributed by atoms with Gasteiger partial charge in [-0.15, -0.1) is 0 Å². The Balaban J connectivity index is 1.65. The Morgan fingerprint density at radius 2 is 1.71 bits per heavy atom. The second-order valence-electron chi connectivity index (χ2n) is 6.61. The van der Waals surface area contributed by atoms with Crippen LogP contribution in [0.2, 0.25) is 0 Å². The third-order valence-corrected chi connectivity index (χ3v) is 6.78. The van der Waals surface area contributed by atoms with E-state index in [0.717, 1.165) is 12.0 Å². The molecule has 0 atom stereocenters. The molecule has 1 fully saturated rings. The van der Waals surface area contributed by atoms with Crippen LogP contribution >= 0.6 is 0 Å². The highest BCUT2D eigenvalue weighted by Crippen LogP contribution is 2.23. The molecule has 0 spiro atoms. The van der Waals surface area contributed by atoms with Crippen molar-refractivity contribution in [3.05, 3.63) is 64.6 Å². The highest BCUT2D eigenvalue weighted by Gasteiger charge is 2.28. The zero-order valence-electron chi connectivity index (χ0n) is 15.0. The van der Waals surface area contributed by atoms with E-state index in [1.54, 1.807) is 6.07 Å². The molecule has 28 heavy (non-hydrogen) atoms. The fourth-order valence-corrected chi connectivity index (χ4v) is 4.76. The number of carbonyl (C=O) groups excluding carboxylic acids is 1. The molecule has 1 amide bonds. The number of rotatable bonds is 5. The minimum Gasteiger partial charge on any atom is -0.408 e. The van der Waals surface area contributed by atoms with E-state index in [0.29, 0.717) is 25.2 Å². The first kappa shape index (κ1) is 18.5. The maximum absolute atomic E-state index is 12.9. The van der Waals surface area contributed by atoms with Crippen molar-refractivity contribution in [2.24, 2.45) is 0 Å². The topological polar surface area (TPSA) is 92.8 Å². The van der Waals surface area contributed by atoms with Gasteiger partial charge in [0.2, 0.25) is 16.4 Å². The van der Waals surface area contributed by atoms with Crippen LogP contribution in [-0.4, -0.2) is 54.8 Å². The molecule has 0 aliphatic carbocycles. The molecule has 9 heteroatoms. The molecule has 4 rings (SSSR count). The van der Waals surface area contributed by atoms with E-state index in [1.165, 1.54) is 25.9 Å². The number of amides is 1. The number of aromatic nitrogens is 1. The molecule has 0 bridgehead atoms. The third kappa shape index (κ3) is 3.34. The lowest BCUT2D eigenvalue weighted by molar-refractivity contribution is -0.119. The van der Waals surface area contributed by atoms with Gasteiger partial charge in [0.05, 0.1) is 17.0 Å². The summed E-state index contributed by atoms with van der Waals surface area (Å²) < 4.78 is 33.9. The van der Waals surface area contributed by atoms with Crippen molar-refractivity contribution in [2.75, 3.05) is 26.2 Å². The van der Waals surface area contributed by atoms with E-state index in [9.17, 15) is 18.0 Å². The van der Waals surface area contributed by atoms with Crippen LogP contribution in [-0.2, 0) is 21.4 Å². The van der Waals surface area contributed by atoms with Crippen LogP contribution < -0.4 is 5.76 Å². The molecule has 3 aromatic rings. The van der Waals surface area contributed by atoms with Gasteiger partial charge in [-0.2, -0.15) is 4.31 Å². The Labute approximate surface area is 161 Å². The first-order chi connectivity index (χ1) is 13.5. The van der Waals surface area contributed by atoms with Gasteiger partial charge in [-0.05, 0) is 17.7 Å². The fraction of sp³-hybridized carbons (Fsp3) is 0.263. The standard InChI is InChI=1S/C19H19N3O5S/c23-14-20-8-10-21(11-9-20)28(25,26)16-6-7-17-18(12-16)27-19(24)22(17)13-15-4-2-1-3-5-15/h1-7,12,14H,8-11,13H2. The Bertz CT molecular complexity index is 1160. The number of sulfonamides is 1. The molecule has 0 saturated carbocycles. The predicted molar refractivity (Wildman–Crippen MR) is 102 cm³/mol. The van der Waals surface area contributed by atoms with E-state index >= 15 is 0 Å². The van der Waals surface area contributed by atoms with E-state index in [1.807, 2.05) is 30.3 Å². The van der Waals surface area contributed by atoms with Crippen molar-refractivity contribution in [3.63, 3.8) is 0 Å². The average molecular weight is 401 g/mol. The number of benzene rings is 2. The number of oxazole rings is 1. The maximum Gasteiger partial charge on any atom is 0.420 e. The first-order valence-corrected chi connectivity index (χ1v) is 10.3. The SMILES string of the molecule is O=CN1CCN(S(=O)(=O)c2ccc3c(c2)oc(=O)n3Cc2ccccc2)CC1. The monoisotopic (exact) mass is 401 g/mol. The number of nitrogens with zero attached hydrogens (tertiary/aromatic N) is 3. The molecule has 0 N–H and O–H groups in total. The molecule has 2 heterocycles. The Morgan fingerprint density at radius 1 is 1.00 bits per heavy atom. The summed E-state index contributed by atoms with van der Waals surface area (Å²) in [5, 5.41) is 0. The predicted octanol–water partition coefficient (Wildman–Crippen LogP) is 1.11. The zero-order chi connectivity index (χ0) is 19.7. The summed E-state index contributed by atoms with van der Waals surface area (Å²) in [5.74, 6) is -0.534. The minimum absolute atomic E-state index is 0.0696. The van der Waals surface area contributed by atoms with Gasteiger partial charge in [0, 0.05) is 32.2 Å². The quantitative estimate of drug-likeness (QED) is 0.597. The molecule has 0 unspecified atom stereocenters. The van der Waals surface area contributed by atoms with Crippen molar-refractivity contribution in [1.82, 2.24) is 13.8 Å². The van der Waals surface area contributed by atoms with Crippen LogP contribution in [0.3, 0.4) is 0 Å². The molecule has 1 aliphatic heterocycles. The molecule has 1 saturated heterocycles. The smallest absolute Gasteiger partial charge is 0.408 e. The highest BCUT2D eigenvalue weighted by atomic mass is 32.2. The molecule has 146 valence electrons. The van der Waals surface area contributed by atoms with Gasteiger partial charge in [0.15, 0.2) is 5.58 Å². The molecule has 2 aromatic carbocycles. The van der Waals surface area contributed by atoms with Crippen molar-refractivity contribution in [3.8, 4) is 0 Å². The van der Waals surface area contributed by atoms with Crippen LogP contribution in [0.25, 0.3) is 11.1 Å². The lowest BCUT2D eigenvalue weighted by Crippen LogP contribution is -2.47. The molecular formula is C19H19N3O5S. The number of fused-ring (bicyclic) bond motifs is 1. The van der Waals surface area contributed by atoms with Gasteiger partial charge in [-0.25, -0.2) is 13.2 Å². The molecular weight excluding hydrogens is 382 g/mol. The summed E-state index contributed by atoms with van der Waals surface area (Å²) in [5.41, 5.74) is 1.71. The van der Waals surface area contributed by atoms with E-state index in [2.05, 4.69) is 0 Å². The van der Waals surface area contributed by atoms with Gasteiger partial charge in [0.25, 0.3) is 0 Å². The largest absolute Gasteiger partial charge is 0.420 e. The second kappa shape index (κ2) is 7.25. The van der Waals surface area contributed by atoms with Crippen molar-refractivity contribution < 1.29 is 17.6 Å². The number of piperazine rings is 1. The lowest BCUT2D eigenvalue weighted by atomic mass is 10.2. The number of carbonyl (C=O) groups is 1. The van der Waals surface area contributed by atoms with Gasteiger partial charge in [0.1, 0.15) is 0 Å². The van der Waals surface area contributed by atoms with Crippen molar-refractivity contribution in [1.29, 1.82) is 0 Å². The van der Waals surface area contributed by atoms with Crippen LogP contribution in [0.1, 0.15) is 5.56 Å².